The van der Waals surface area contributed by atoms with E-state index in [0.29, 0.717) is 18.9 Å². The molecule has 0 unspecified atom stereocenters. The highest BCUT2D eigenvalue weighted by atomic mass is 16.5. The van der Waals surface area contributed by atoms with Crippen LogP contribution in [0, 0.1) is 0 Å². The molecule has 2 heterocycles. The second-order valence-electron chi connectivity index (χ2n) is 7.10. The summed E-state index contributed by atoms with van der Waals surface area (Å²) >= 11 is 0. The first kappa shape index (κ1) is 16.4. The highest BCUT2D eigenvalue weighted by molar-refractivity contribution is 5.94. The third kappa shape index (κ3) is 2.98. The van der Waals surface area contributed by atoms with E-state index in [1.54, 1.807) is 12.0 Å². The summed E-state index contributed by atoms with van der Waals surface area (Å²) in [6, 6.07) is 13.3. The fourth-order valence-corrected chi connectivity index (χ4v) is 3.29. The number of imidazole rings is 1. The van der Waals surface area contributed by atoms with Crippen molar-refractivity contribution >= 4 is 16.9 Å². The molecule has 6 heteroatoms. The van der Waals surface area contributed by atoms with Crippen LogP contribution in [-0.4, -0.2) is 40.0 Å². The maximum Gasteiger partial charge on any atom is 0.290 e. The molecule has 0 atom stereocenters. The van der Waals surface area contributed by atoms with Crippen LogP contribution in [0.5, 0.6) is 11.5 Å². The molecule has 1 aromatic heterocycles. The van der Waals surface area contributed by atoms with Crippen LogP contribution < -0.4 is 9.47 Å². The number of H-pyrrole nitrogens is 1. The zero-order chi connectivity index (χ0) is 18.3. The fourth-order valence-electron chi connectivity index (χ4n) is 3.29. The summed E-state index contributed by atoms with van der Waals surface area (Å²) in [5, 5.41) is 0. The molecule has 1 amide bonds. The number of fused-ring (bicyclic) bond motifs is 2. The number of hydrogen-bond acceptors (Lipinski definition) is 4. The third-order valence-electron chi connectivity index (χ3n) is 4.47. The zero-order valence-corrected chi connectivity index (χ0v) is 15.1. The van der Waals surface area contributed by atoms with Crippen LogP contribution in [0.15, 0.2) is 42.5 Å². The molecule has 4 rings (SSSR count). The Morgan fingerprint density at radius 2 is 2.08 bits per heavy atom. The number of para-hydroxylation sites is 2. The number of aromatic nitrogens is 2. The topological polar surface area (TPSA) is 67.5 Å². The van der Waals surface area contributed by atoms with Gasteiger partial charge in [-0.05, 0) is 38.1 Å². The van der Waals surface area contributed by atoms with Crippen molar-refractivity contribution in [1.82, 2.24) is 14.9 Å². The van der Waals surface area contributed by atoms with Crippen molar-refractivity contribution in [1.29, 1.82) is 0 Å². The highest BCUT2D eigenvalue weighted by Gasteiger charge is 2.33. The molecular formula is C20H21N3O3. The number of nitrogens with zero attached hydrogens (tertiary/aromatic N) is 2. The van der Waals surface area contributed by atoms with Crippen LogP contribution in [0.25, 0.3) is 11.0 Å². The average molecular weight is 351 g/mol. The largest absolute Gasteiger partial charge is 0.497 e. The van der Waals surface area contributed by atoms with Gasteiger partial charge in [-0.2, -0.15) is 0 Å². The van der Waals surface area contributed by atoms with Gasteiger partial charge in [0.05, 0.1) is 24.7 Å². The smallest absolute Gasteiger partial charge is 0.290 e. The fraction of sp³-hybridized carbons (Fsp3) is 0.300. The standard InChI is InChI=1S/C20H21N3O3/c1-20(2)12-23(11-13-8-9-14(25-3)10-17(13)26-20)19(24)18-21-15-6-4-5-7-16(15)22-18/h4-10H,11-12H2,1-3H3,(H,21,22). The molecular weight excluding hydrogens is 330 g/mol. The Kier molecular flexibility index (Phi) is 3.83. The number of amides is 1. The molecule has 0 aliphatic carbocycles. The molecule has 134 valence electrons. The van der Waals surface area contributed by atoms with Gasteiger partial charge in [0, 0.05) is 18.2 Å². The van der Waals surface area contributed by atoms with Crippen LogP contribution in [0.4, 0.5) is 0 Å². The second kappa shape index (κ2) is 6.05. The summed E-state index contributed by atoms with van der Waals surface area (Å²) < 4.78 is 11.4. The van der Waals surface area contributed by atoms with Gasteiger partial charge in [0.25, 0.3) is 5.91 Å². The Balaban J connectivity index is 1.69. The van der Waals surface area contributed by atoms with Crippen molar-refractivity contribution < 1.29 is 14.3 Å². The lowest BCUT2D eigenvalue weighted by Crippen LogP contribution is -2.43. The van der Waals surface area contributed by atoms with Gasteiger partial charge in [-0.25, -0.2) is 4.98 Å². The van der Waals surface area contributed by atoms with Gasteiger partial charge >= 0.3 is 0 Å². The first-order valence-electron chi connectivity index (χ1n) is 8.55. The lowest BCUT2D eigenvalue weighted by atomic mass is 10.1. The lowest BCUT2D eigenvalue weighted by molar-refractivity contribution is 0.0492. The number of methoxy groups -OCH3 is 1. The number of ether oxygens (including phenoxy) is 2. The van der Waals surface area contributed by atoms with Gasteiger partial charge < -0.3 is 19.4 Å². The molecule has 0 radical (unpaired) electrons. The summed E-state index contributed by atoms with van der Waals surface area (Å²) in [4.78, 5) is 22.4. The first-order chi connectivity index (χ1) is 12.4. The molecule has 1 aliphatic rings. The van der Waals surface area contributed by atoms with Gasteiger partial charge in [-0.1, -0.05) is 12.1 Å². The van der Waals surface area contributed by atoms with Crippen LogP contribution in [-0.2, 0) is 6.54 Å². The molecule has 1 aliphatic heterocycles. The maximum absolute atomic E-state index is 13.1. The van der Waals surface area contributed by atoms with E-state index in [-0.39, 0.29) is 5.91 Å². The minimum atomic E-state index is -0.528. The van der Waals surface area contributed by atoms with Crippen molar-refractivity contribution in [2.75, 3.05) is 13.7 Å². The molecule has 0 spiro atoms. The number of carbonyl (C=O) groups excluding carboxylic acids is 1. The van der Waals surface area contributed by atoms with E-state index in [1.807, 2.05) is 56.3 Å². The van der Waals surface area contributed by atoms with Gasteiger partial charge in [0.1, 0.15) is 17.1 Å². The number of benzene rings is 2. The third-order valence-corrected chi connectivity index (χ3v) is 4.47. The molecule has 2 aromatic carbocycles. The SMILES string of the molecule is COc1ccc2c(c1)OC(C)(C)CN(C(=O)c1nc3ccccc3[nH]1)C2. The minimum absolute atomic E-state index is 0.137. The predicted octanol–water partition coefficient (Wildman–Crippen LogP) is 3.38. The van der Waals surface area contributed by atoms with Crippen molar-refractivity contribution in [3.63, 3.8) is 0 Å². The summed E-state index contributed by atoms with van der Waals surface area (Å²) in [7, 11) is 1.63. The van der Waals surface area contributed by atoms with E-state index in [2.05, 4.69) is 9.97 Å². The summed E-state index contributed by atoms with van der Waals surface area (Å²) in [6.45, 7) is 4.86. The maximum atomic E-state index is 13.1. The highest BCUT2D eigenvalue weighted by Crippen LogP contribution is 2.33. The number of hydrogen-bond donors (Lipinski definition) is 1. The van der Waals surface area contributed by atoms with E-state index in [0.717, 1.165) is 28.1 Å². The number of carbonyl (C=O) groups is 1. The second-order valence-corrected chi connectivity index (χ2v) is 7.10. The van der Waals surface area contributed by atoms with E-state index in [4.69, 9.17) is 9.47 Å². The minimum Gasteiger partial charge on any atom is -0.497 e. The van der Waals surface area contributed by atoms with Crippen molar-refractivity contribution in [3.05, 3.63) is 53.9 Å². The summed E-state index contributed by atoms with van der Waals surface area (Å²) in [6.07, 6.45) is 0. The van der Waals surface area contributed by atoms with E-state index < -0.39 is 5.60 Å². The van der Waals surface area contributed by atoms with Crippen molar-refractivity contribution in [2.45, 2.75) is 26.0 Å². The normalized spacial score (nSPS) is 15.9. The Bertz CT molecular complexity index is 944. The van der Waals surface area contributed by atoms with Crippen LogP contribution >= 0.6 is 0 Å². The Morgan fingerprint density at radius 1 is 1.27 bits per heavy atom. The monoisotopic (exact) mass is 351 g/mol. The molecule has 26 heavy (non-hydrogen) atoms. The average Bonchev–Trinajstić information content (AvgIpc) is 2.99. The number of rotatable bonds is 2. The predicted molar refractivity (Wildman–Crippen MR) is 98.5 cm³/mol. The van der Waals surface area contributed by atoms with Crippen LogP contribution in [0.3, 0.4) is 0 Å². The lowest BCUT2D eigenvalue weighted by Gasteiger charge is -2.29. The molecule has 0 fully saturated rings. The van der Waals surface area contributed by atoms with E-state index in [1.165, 1.54) is 0 Å². The zero-order valence-electron chi connectivity index (χ0n) is 15.1. The molecule has 0 saturated heterocycles. The molecule has 6 nitrogen and oxygen atoms in total. The van der Waals surface area contributed by atoms with Gasteiger partial charge in [-0.15, -0.1) is 0 Å². The molecule has 1 N–H and O–H groups in total. The Hall–Kier alpha value is -3.02. The Labute approximate surface area is 151 Å². The number of aromatic amines is 1. The quantitative estimate of drug-likeness (QED) is 0.768. The van der Waals surface area contributed by atoms with Crippen molar-refractivity contribution in [2.24, 2.45) is 0 Å². The number of nitrogens with one attached hydrogen (secondary N) is 1. The van der Waals surface area contributed by atoms with Crippen LogP contribution in [0.1, 0.15) is 30.0 Å². The van der Waals surface area contributed by atoms with E-state index in [9.17, 15) is 4.79 Å². The Morgan fingerprint density at radius 3 is 2.85 bits per heavy atom. The molecule has 0 bridgehead atoms. The van der Waals surface area contributed by atoms with Crippen molar-refractivity contribution in [3.8, 4) is 11.5 Å². The first-order valence-corrected chi connectivity index (χ1v) is 8.55. The van der Waals surface area contributed by atoms with Gasteiger partial charge in [0.2, 0.25) is 0 Å². The summed E-state index contributed by atoms with van der Waals surface area (Å²) in [5.74, 6) is 1.69. The summed E-state index contributed by atoms with van der Waals surface area (Å²) in [5.41, 5.74) is 2.05. The molecule has 3 aromatic rings. The van der Waals surface area contributed by atoms with Crippen LogP contribution in [0.2, 0.25) is 0 Å². The van der Waals surface area contributed by atoms with E-state index >= 15 is 0 Å². The van der Waals surface area contributed by atoms with Gasteiger partial charge in [-0.3, -0.25) is 4.79 Å². The molecule has 0 saturated carbocycles. The van der Waals surface area contributed by atoms with Gasteiger partial charge in [0.15, 0.2) is 5.82 Å².